The number of methoxy groups -OCH3 is 1. The van der Waals surface area contributed by atoms with Crippen molar-refractivity contribution in [2.24, 2.45) is 0 Å². The van der Waals surface area contributed by atoms with E-state index in [0.717, 1.165) is 28.9 Å². The molecule has 3 N–H and O–H groups in total. The zero-order valence-corrected chi connectivity index (χ0v) is 13.1. The lowest BCUT2D eigenvalue weighted by atomic mass is 9.97. The Morgan fingerprint density at radius 1 is 1.30 bits per heavy atom. The molecule has 3 unspecified atom stereocenters. The Bertz CT molecular complexity index is 430. The molecule has 0 aromatic heterocycles. The molecule has 0 aliphatic carbocycles. The molecule has 0 aliphatic heterocycles. The van der Waals surface area contributed by atoms with Gasteiger partial charge in [-0.2, -0.15) is 0 Å². The molecule has 3 atom stereocenters. The van der Waals surface area contributed by atoms with Gasteiger partial charge in [0.2, 0.25) is 0 Å². The standard InChI is InChI=1S/C16H27NO3/c1-6-13(9-18)17-12(4)15(19)14-8-10(2)7-11(3)16(14)20-5/h7-8,12-13,15,17-19H,6,9H2,1-5H3. The summed E-state index contributed by atoms with van der Waals surface area (Å²) >= 11 is 0. The van der Waals surface area contributed by atoms with Gasteiger partial charge in [-0.15, -0.1) is 0 Å². The van der Waals surface area contributed by atoms with E-state index in [0.29, 0.717) is 0 Å². The second-order valence-electron chi connectivity index (χ2n) is 5.39. The van der Waals surface area contributed by atoms with Crippen LogP contribution in [0.15, 0.2) is 12.1 Å². The minimum absolute atomic E-state index is 0.00319. The zero-order chi connectivity index (χ0) is 15.3. The van der Waals surface area contributed by atoms with Gasteiger partial charge >= 0.3 is 0 Å². The molecule has 1 aromatic rings. The molecule has 4 heteroatoms. The predicted molar refractivity (Wildman–Crippen MR) is 81.2 cm³/mol. The van der Waals surface area contributed by atoms with E-state index in [-0.39, 0.29) is 18.7 Å². The molecule has 0 amide bonds. The summed E-state index contributed by atoms with van der Waals surface area (Å²) in [5.74, 6) is 0.730. The van der Waals surface area contributed by atoms with Gasteiger partial charge in [0.05, 0.1) is 19.8 Å². The number of nitrogens with one attached hydrogen (secondary N) is 1. The van der Waals surface area contributed by atoms with Crippen molar-refractivity contribution in [1.82, 2.24) is 5.32 Å². The summed E-state index contributed by atoms with van der Waals surface area (Å²) < 4.78 is 5.42. The summed E-state index contributed by atoms with van der Waals surface area (Å²) in [4.78, 5) is 0. The van der Waals surface area contributed by atoms with Gasteiger partial charge < -0.3 is 20.3 Å². The molecular formula is C16H27NO3. The van der Waals surface area contributed by atoms with E-state index < -0.39 is 6.10 Å². The summed E-state index contributed by atoms with van der Waals surface area (Å²) in [5.41, 5.74) is 2.90. The first-order chi connectivity index (χ1) is 9.44. The molecule has 0 radical (unpaired) electrons. The first-order valence-electron chi connectivity index (χ1n) is 7.14. The van der Waals surface area contributed by atoms with Crippen LogP contribution in [-0.2, 0) is 0 Å². The summed E-state index contributed by atoms with van der Waals surface area (Å²) in [6.45, 7) is 7.97. The number of rotatable bonds is 7. The van der Waals surface area contributed by atoms with Crippen molar-refractivity contribution in [3.05, 3.63) is 28.8 Å². The summed E-state index contributed by atoms with van der Waals surface area (Å²) in [5, 5.41) is 23.1. The quantitative estimate of drug-likeness (QED) is 0.716. The van der Waals surface area contributed by atoms with Gasteiger partial charge in [0.15, 0.2) is 0 Å². The summed E-state index contributed by atoms with van der Waals surface area (Å²) in [6, 6.07) is 3.82. The first kappa shape index (κ1) is 17.0. The van der Waals surface area contributed by atoms with Crippen LogP contribution in [0.25, 0.3) is 0 Å². The Hall–Kier alpha value is -1.10. The maximum Gasteiger partial charge on any atom is 0.127 e. The molecule has 0 aliphatic rings. The number of benzene rings is 1. The van der Waals surface area contributed by atoms with Crippen molar-refractivity contribution in [2.75, 3.05) is 13.7 Å². The van der Waals surface area contributed by atoms with E-state index in [4.69, 9.17) is 4.74 Å². The van der Waals surface area contributed by atoms with E-state index in [2.05, 4.69) is 5.32 Å². The van der Waals surface area contributed by atoms with Crippen LogP contribution in [-0.4, -0.2) is 36.0 Å². The van der Waals surface area contributed by atoms with Gasteiger partial charge in [-0.3, -0.25) is 0 Å². The van der Waals surface area contributed by atoms with Crippen LogP contribution in [0.4, 0.5) is 0 Å². The number of hydrogen-bond acceptors (Lipinski definition) is 4. The first-order valence-corrected chi connectivity index (χ1v) is 7.14. The normalized spacial score (nSPS) is 15.8. The Morgan fingerprint density at radius 3 is 2.45 bits per heavy atom. The summed E-state index contributed by atoms with van der Waals surface area (Å²) in [7, 11) is 1.62. The highest BCUT2D eigenvalue weighted by Gasteiger charge is 2.23. The molecule has 114 valence electrons. The highest BCUT2D eigenvalue weighted by molar-refractivity contribution is 5.45. The van der Waals surface area contributed by atoms with Gasteiger partial charge in [0, 0.05) is 17.6 Å². The molecule has 4 nitrogen and oxygen atoms in total. The lowest BCUT2D eigenvalue weighted by Crippen LogP contribution is -2.41. The SMILES string of the molecule is CCC(CO)NC(C)C(O)c1cc(C)cc(C)c1OC. The second kappa shape index (κ2) is 7.62. The third kappa shape index (κ3) is 3.95. The van der Waals surface area contributed by atoms with Crippen LogP contribution < -0.4 is 10.1 Å². The van der Waals surface area contributed by atoms with Crippen molar-refractivity contribution >= 4 is 0 Å². The van der Waals surface area contributed by atoms with Crippen LogP contribution in [0.3, 0.4) is 0 Å². The van der Waals surface area contributed by atoms with Crippen molar-refractivity contribution in [1.29, 1.82) is 0 Å². The van der Waals surface area contributed by atoms with Gasteiger partial charge in [-0.1, -0.05) is 18.6 Å². The predicted octanol–water partition coefficient (Wildman–Crippen LogP) is 2.09. The zero-order valence-electron chi connectivity index (χ0n) is 13.1. The fourth-order valence-corrected chi connectivity index (χ4v) is 2.52. The van der Waals surface area contributed by atoms with Gasteiger partial charge in [-0.25, -0.2) is 0 Å². The Balaban J connectivity index is 2.98. The van der Waals surface area contributed by atoms with E-state index in [1.54, 1.807) is 7.11 Å². The van der Waals surface area contributed by atoms with Crippen molar-refractivity contribution in [3.8, 4) is 5.75 Å². The molecule has 0 saturated heterocycles. The molecule has 0 bridgehead atoms. The average Bonchev–Trinajstić information content (AvgIpc) is 2.42. The minimum atomic E-state index is -0.677. The van der Waals surface area contributed by atoms with Crippen LogP contribution >= 0.6 is 0 Å². The van der Waals surface area contributed by atoms with Crippen molar-refractivity contribution < 1.29 is 14.9 Å². The lowest BCUT2D eigenvalue weighted by molar-refractivity contribution is 0.116. The van der Waals surface area contributed by atoms with Gasteiger partial charge in [0.1, 0.15) is 5.75 Å². The molecule has 0 fully saturated rings. The van der Waals surface area contributed by atoms with Gasteiger partial charge in [-0.05, 0) is 38.8 Å². The van der Waals surface area contributed by atoms with E-state index in [9.17, 15) is 10.2 Å². The molecule has 0 heterocycles. The number of aliphatic hydroxyl groups is 2. The molecule has 1 rings (SSSR count). The second-order valence-corrected chi connectivity index (χ2v) is 5.39. The maximum absolute atomic E-state index is 10.6. The number of aliphatic hydroxyl groups excluding tert-OH is 2. The highest BCUT2D eigenvalue weighted by Crippen LogP contribution is 2.31. The number of aryl methyl sites for hydroxylation is 2. The van der Waals surface area contributed by atoms with Crippen LogP contribution in [0.1, 0.15) is 43.1 Å². The topological polar surface area (TPSA) is 61.7 Å². The highest BCUT2D eigenvalue weighted by atomic mass is 16.5. The van der Waals surface area contributed by atoms with Crippen LogP contribution in [0.5, 0.6) is 5.75 Å². The van der Waals surface area contributed by atoms with Crippen molar-refractivity contribution in [3.63, 3.8) is 0 Å². The number of ether oxygens (including phenoxy) is 1. The van der Waals surface area contributed by atoms with Crippen molar-refractivity contribution in [2.45, 2.75) is 52.3 Å². The lowest BCUT2D eigenvalue weighted by Gasteiger charge is -2.27. The third-order valence-electron chi connectivity index (χ3n) is 3.66. The Kier molecular flexibility index (Phi) is 6.46. The fourth-order valence-electron chi connectivity index (χ4n) is 2.52. The Morgan fingerprint density at radius 2 is 1.95 bits per heavy atom. The van der Waals surface area contributed by atoms with Crippen LogP contribution in [0, 0.1) is 13.8 Å². The van der Waals surface area contributed by atoms with E-state index >= 15 is 0 Å². The Labute approximate surface area is 121 Å². The molecule has 0 spiro atoms. The fraction of sp³-hybridized carbons (Fsp3) is 0.625. The average molecular weight is 281 g/mol. The molecule has 0 saturated carbocycles. The smallest absolute Gasteiger partial charge is 0.127 e. The van der Waals surface area contributed by atoms with E-state index in [1.165, 1.54) is 0 Å². The largest absolute Gasteiger partial charge is 0.496 e. The third-order valence-corrected chi connectivity index (χ3v) is 3.66. The molecular weight excluding hydrogens is 254 g/mol. The van der Waals surface area contributed by atoms with Gasteiger partial charge in [0.25, 0.3) is 0 Å². The minimum Gasteiger partial charge on any atom is -0.496 e. The number of hydrogen-bond donors (Lipinski definition) is 3. The summed E-state index contributed by atoms with van der Waals surface area (Å²) in [6.07, 6.45) is 0.140. The maximum atomic E-state index is 10.6. The molecule has 1 aromatic carbocycles. The van der Waals surface area contributed by atoms with E-state index in [1.807, 2.05) is 39.8 Å². The molecule has 20 heavy (non-hydrogen) atoms. The monoisotopic (exact) mass is 281 g/mol. The van der Waals surface area contributed by atoms with Crippen LogP contribution in [0.2, 0.25) is 0 Å².